The number of carboxylic acids is 1. The van der Waals surface area contributed by atoms with E-state index in [4.69, 9.17) is 10.8 Å². The Morgan fingerprint density at radius 2 is 1.90 bits per heavy atom. The molecule has 0 spiro atoms. The predicted molar refractivity (Wildman–Crippen MR) is 69.8 cm³/mol. The standard InChI is InChI=1S/C13H16F2N2O4/c14-13(15)21-9-3-1-8(2-4-9)7-17-12(20)10(16)5-6-11(18)19/h1-4,10,13H,5-7,16H2,(H,17,20)(H,18,19). The first-order chi connectivity index (χ1) is 9.88. The highest BCUT2D eigenvalue weighted by Crippen LogP contribution is 2.14. The van der Waals surface area contributed by atoms with Crippen LogP contribution in [0.4, 0.5) is 8.78 Å². The summed E-state index contributed by atoms with van der Waals surface area (Å²) in [5.74, 6) is -1.46. The van der Waals surface area contributed by atoms with Crippen LogP contribution in [-0.2, 0) is 16.1 Å². The maximum absolute atomic E-state index is 12.0. The zero-order chi connectivity index (χ0) is 15.8. The molecule has 0 aromatic heterocycles. The zero-order valence-corrected chi connectivity index (χ0v) is 11.1. The molecular weight excluding hydrogens is 286 g/mol. The molecule has 1 aromatic rings. The maximum Gasteiger partial charge on any atom is 0.387 e. The lowest BCUT2D eigenvalue weighted by Crippen LogP contribution is -2.40. The Labute approximate surface area is 119 Å². The van der Waals surface area contributed by atoms with Crippen LogP contribution in [0.2, 0.25) is 0 Å². The van der Waals surface area contributed by atoms with E-state index >= 15 is 0 Å². The smallest absolute Gasteiger partial charge is 0.387 e. The first kappa shape index (κ1) is 16.8. The van der Waals surface area contributed by atoms with Gasteiger partial charge in [-0.05, 0) is 24.1 Å². The summed E-state index contributed by atoms with van der Waals surface area (Å²) in [6.45, 7) is -2.73. The minimum absolute atomic E-state index is 0.0261. The fraction of sp³-hybridized carbons (Fsp3) is 0.385. The molecule has 8 heteroatoms. The van der Waals surface area contributed by atoms with Gasteiger partial charge in [-0.25, -0.2) is 0 Å². The predicted octanol–water partition coefficient (Wildman–Crippen LogP) is 1.10. The van der Waals surface area contributed by atoms with Gasteiger partial charge < -0.3 is 20.9 Å². The molecule has 116 valence electrons. The Morgan fingerprint density at radius 3 is 2.43 bits per heavy atom. The van der Waals surface area contributed by atoms with E-state index in [0.29, 0.717) is 5.56 Å². The first-order valence-electron chi connectivity index (χ1n) is 6.17. The molecule has 1 amide bonds. The fourth-order valence-electron chi connectivity index (χ4n) is 1.52. The van der Waals surface area contributed by atoms with Gasteiger partial charge in [-0.15, -0.1) is 0 Å². The molecule has 0 radical (unpaired) electrons. The lowest BCUT2D eigenvalue weighted by Gasteiger charge is -2.11. The summed E-state index contributed by atoms with van der Waals surface area (Å²) in [7, 11) is 0. The number of nitrogens with one attached hydrogen (secondary N) is 1. The summed E-state index contributed by atoms with van der Waals surface area (Å²) >= 11 is 0. The average Bonchev–Trinajstić information content (AvgIpc) is 2.43. The fourth-order valence-corrected chi connectivity index (χ4v) is 1.52. The van der Waals surface area contributed by atoms with Gasteiger partial charge in [0.15, 0.2) is 0 Å². The van der Waals surface area contributed by atoms with Gasteiger partial charge in [0.25, 0.3) is 0 Å². The molecule has 0 aliphatic heterocycles. The number of carbonyl (C=O) groups is 2. The maximum atomic E-state index is 12.0. The number of carboxylic acid groups (broad SMARTS) is 1. The van der Waals surface area contributed by atoms with Gasteiger partial charge in [-0.1, -0.05) is 12.1 Å². The van der Waals surface area contributed by atoms with Gasteiger partial charge in [0.05, 0.1) is 6.04 Å². The molecule has 21 heavy (non-hydrogen) atoms. The van der Waals surface area contributed by atoms with Crippen molar-refractivity contribution in [3.8, 4) is 5.75 Å². The highest BCUT2D eigenvalue weighted by atomic mass is 19.3. The van der Waals surface area contributed by atoms with Crippen molar-refractivity contribution in [2.45, 2.75) is 32.0 Å². The van der Waals surface area contributed by atoms with Crippen LogP contribution in [0.15, 0.2) is 24.3 Å². The number of hydrogen-bond donors (Lipinski definition) is 3. The van der Waals surface area contributed by atoms with Crippen molar-refractivity contribution < 1.29 is 28.2 Å². The number of halogens is 2. The molecule has 1 atom stereocenters. The lowest BCUT2D eigenvalue weighted by atomic mass is 10.1. The molecule has 4 N–H and O–H groups in total. The largest absolute Gasteiger partial charge is 0.481 e. The summed E-state index contributed by atoms with van der Waals surface area (Å²) in [5, 5.41) is 11.0. The molecule has 0 aliphatic carbocycles. The monoisotopic (exact) mass is 302 g/mol. The van der Waals surface area contributed by atoms with E-state index in [9.17, 15) is 18.4 Å². The highest BCUT2D eigenvalue weighted by molar-refractivity contribution is 5.82. The Morgan fingerprint density at radius 1 is 1.29 bits per heavy atom. The normalized spacial score (nSPS) is 12.0. The summed E-state index contributed by atoms with van der Waals surface area (Å²) in [6.07, 6.45) is -0.142. The van der Waals surface area contributed by atoms with E-state index < -0.39 is 24.5 Å². The van der Waals surface area contributed by atoms with E-state index in [0.717, 1.165) is 0 Å². The molecule has 0 saturated heterocycles. The summed E-state index contributed by atoms with van der Waals surface area (Å²) in [5.41, 5.74) is 6.21. The minimum atomic E-state index is -2.89. The lowest BCUT2D eigenvalue weighted by molar-refractivity contribution is -0.137. The third-order valence-corrected chi connectivity index (χ3v) is 2.62. The molecule has 0 heterocycles. The quantitative estimate of drug-likeness (QED) is 0.667. The SMILES string of the molecule is NC(CCC(=O)O)C(=O)NCc1ccc(OC(F)F)cc1. The van der Waals surface area contributed by atoms with Crippen LogP contribution >= 0.6 is 0 Å². The Hall–Kier alpha value is -2.22. The van der Waals surface area contributed by atoms with Crippen molar-refractivity contribution in [1.82, 2.24) is 5.32 Å². The number of alkyl halides is 2. The number of rotatable bonds is 8. The second kappa shape index (κ2) is 8.15. The molecule has 0 aliphatic rings. The zero-order valence-electron chi connectivity index (χ0n) is 11.1. The van der Waals surface area contributed by atoms with Crippen molar-refractivity contribution in [1.29, 1.82) is 0 Å². The number of nitrogens with two attached hydrogens (primary N) is 1. The van der Waals surface area contributed by atoms with Gasteiger partial charge in [-0.3, -0.25) is 9.59 Å². The van der Waals surface area contributed by atoms with Crippen molar-refractivity contribution in [2.75, 3.05) is 0 Å². The molecule has 0 bridgehead atoms. The van der Waals surface area contributed by atoms with Crippen molar-refractivity contribution in [2.24, 2.45) is 5.73 Å². The third-order valence-electron chi connectivity index (χ3n) is 2.62. The van der Waals surface area contributed by atoms with Crippen LogP contribution in [0, 0.1) is 0 Å². The van der Waals surface area contributed by atoms with Crippen molar-refractivity contribution in [3.05, 3.63) is 29.8 Å². The Kier molecular flexibility index (Phi) is 6.54. The van der Waals surface area contributed by atoms with Crippen LogP contribution < -0.4 is 15.8 Å². The number of amides is 1. The van der Waals surface area contributed by atoms with Gasteiger partial charge >= 0.3 is 12.6 Å². The van der Waals surface area contributed by atoms with Crippen LogP contribution in [0.1, 0.15) is 18.4 Å². The van der Waals surface area contributed by atoms with Crippen LogP contribution in [0.5, 0.6) is 5.75 Å². The van der Waals surface area contributed by atoms with E-state index in [1.165, 1.54) is 24.3 Å². The van der Waals surface area contributed by atoms with Gasteiger partial charge in [0.2, 0.25) is 5.91 Å². The van der Waals surface area contributed by atoms with Gasteiger partial charge in [0, 0.05) is 13.0 Å². The van der Waals surface area contributed by atoms with Crippen molar-refractivity contribution >= 4 is 11.9 Å². The highest BCUT2D eigenvalue weighted by Gasteiger charge is 2.14. The number of ether oxygens (including phenoxy) is 1. The first-order valence-corrected chi connectivity index (χ1v) is 6.17. The van der Waals surface area contributed by atoms with E-state index in [1.54, 1.807) is 0 Å². The average molecular weight is 302 g/mol. The van der Waals surface area contributed by atoms with Crippen molar-refractivity contribution in [3.63, 3.8) is 0 Å². The molecule has 1 rings (SSSR count). The molecule has 0 fully saturated rings. The molecule has 6 nitrogen and oxygen atoms in total. The molecule has 0 saturated carbocycles. The number of aliphatic carboxylic acids is 1. The van der Waals surface area contributed by atoms with E-state index in [2.05, 4.69) is 10.1 Å². The molecule has 1 unspecified atom stereocenters. The number of carbonyl (C=O) groups excluding carboxylic acids is 1. The number of benzene rings is 1. The summed E-state index contributed by atoms with van der Waals surface area (Å²) < 4.78 is 28.1. The third kappa shape index (κ3) is 6.66. The van der Waals surface area contributed by atoms with Crippen LogP contribution in [0.25, 0.3) is 0 Å². The number of hydrogen-bond acceptors (Lipinski definition) is 4. The molecule has 1 aromatic carbocycles. The van der Waals surface area contributed by atoms with Crippen LogP contribution in [0.3, 0.4) is 0 Å². The minimum Gasteiger partial charge on any atom is -0.481 e. The van der Waals surface area contributed by atoms with E-state index in [1.807, 2.05) is 0 Å². The van der Waals surface area contributed by atoms with Crippen LogP contribution in [-0.4, -0.2) is 29.6 Å². The topological polar surface area (TPSA) is 102 Å². The summed E-state index contributed by atoms with van der Waals surface area (Å²) in [4.78, 5) is 21.9. The van der Waals surface area contributed by atoms with Gasteiger partial charge in [0.1, 0.15) is 5.75 Å². The Bertz CT molecular complexity index is 480. The van der Waals surface area contributed by atoms with Gasteiger partial charge in [-0.2, -0.15) is 8.78 Å². The summed E-state index contributed by atoms with van der Waals surface area (Å²) in [6, 6.07) is 4.87. The second-order valence-electron chi connectivity index (χ2n) is 4.28. The van der Waals surface area contributed by atoms with E-state index in [-0.39, 0.29) is 25.1 Å². The molecular formula is C13H16F2N2O4. The Balaban J connectivity index is 2.40. The second-order valence-corrected chi connectivity index (χ2v) is 4.28.